The number of nitrogens with two attached hydrogens (primary N) is 1. The summed E-state index contributed by atoms with van der Waals surface area (Å²) in [5.74, 6) is 5.21. The van der Waals surface area contributed by atoms with Gasteiger partial charge in [0.1, 0.15) is 7.05 Å². The second-order valence-corrected chi connectivity index (χ2v) is 1.37. The molecule has 0 atom stereocenters. The van der Waals surface area contributed by atoms with E-state index < -0.39 is 0 Å². The van der Waals surface area contributed by atoms with Gasteiger partial charge in [-0.25, -0.2) is 0 Å². The third-order valence-corrected chi connectivity index (χ3v) is 0.668. The van der Waals surface area contributed by atoms with E-state index in [0.717, 1.165) is 0 Å². The number of aryl methyl sites for hydroxylation is 1. The summed E-state index contributed by atoms with van der Waals surface area (Å²) in [5.41, 5.74) is 0. The van der Waals surface area contributed by atoms with E-state index in [2.05, 4.69) is 5.10 Å². The summed E-state index contributed by atoms with van der Waals surface area (Å²) in [6.45, 7) is 0. The summed E-state index contributed by atoms with van der Waals surface area (Å²) >= 11 is 0. The molecule has 0 amide bonds. The Morgan fingerprint density at radius 2 is 2.57 bits per heavy atom. The van der Waals surface area contributed by atoms with Crippen molar-refractivity contribution in [1.29, 1.82) is 0 Å². The molecular weight excluding hydrogens is 92.1 g/mol. The first kappa shape index (κ1) is 4.11. The minimum atomic E-state index is 1.39. The molecule has 0 saturated carbocycles. The third-order valence-electron chi connectivity index (χ3n) is 0.668. The van der Waals surface area contributed by atoms with Crippen molar-refractivity contribution in [2.75, 3.05) is 5.84 Å². The molecule has 0 aliphatic heterocycles. The van der Waals surface area contributed by atoms with Gasteiger partial charge in [0.2, 0.25) is 6.33 Å². The Balaban J connectivity index is 3.04. The van der Waals surface area contributed by atoms with Crippen LogP contribution in [-0.4, -0.2) is 9.77 Å². The van der Waals surface area contributed by atoms with E-state index in [-0.39, 0.29) is 0 Å². The molecule has 1 rings (SSSR count). The number of aromatic nitrogens is 3. The Kier molecular flexibility index (Phi) is 0.714. The molecule has 0 aromatic carbocycles. The number of hydrogen-bond donors (Lipinski definition) is 1. The predicted molar refractivity (Wildman–Crippen MR) is 23.6 cm³/mol. The Hall–Kier alpha value is -1.06. The predicted octanol–water partition coefficient (Wildman–Crippen LogP) is -1.58. The highest BCUT2D eigenvalue weighted by atomic mass is 15.4. The highest BCUT2D eigenvalue weighted by Crippen LogP contribution is 1.59. The molecule has 4 heteroatoms. The van der Waals surface area contributed by atoms with Gasteiger partial charge in [-0.15, -0.1) is 9.36 Å². The summed E-state index contributed by atoms with van der Waals surface area (Å²) in [4.78, 5) is 0. The van der Waals surface area contributed by atoms with Crippen LogP contribution in [-0.2, 0) is 7.05 Å². The van der Waals surface area contributed by atoms with Gasteiger partial charge in [-0.3, -0.25) is 5.84 Å². The Bertz CT molecular complexity index is 139. The fraction of sp³-hybridized carbons (Fsp3) is 0.333. The number of nitrogens with zero attached hydrogens (tertiary/aromatic N) is 3. The summed E-state index contributed by atoms with van der Waals surface area (Å²) in [6.07, 6.45) is 3.19. The van der Waals surface area contributed by atoms with Crippen molar-refractivity contribution in [3.05, 3.63) is 12.7 Å². The normalized spacial score (nSPS) is 9.29. The van der Waals surface area contributed by atoms with E-state index in [9.17, 15) is 0 Å². The topological polar surface area (TPSA) is 47.7 Å². The summed E-state index contributed by atoms with van der Waals surface area (Å²) in [7, 11) is 1.81. The van der Waals surface area contributed by atoms with Gasteiger partial charge in [0.05, 0.1) is 0 Å². The minimum absolute atomic E-state index is 1.39. The minimum Gasteiger partial charge on any atom is -0.268 e. The fourth-order valence-electron chi connectivity index (χ4n) is 0.394. The van der Waals surface area contributed by atoms with Gasteiger partial charge in [0.25, 0.3) is 6.33 Å². The van der Waals surface area contributed by atoms with Crippen LogP contribution in [0.15, 0.2) is 12.7 Å². The smallest absolute Gasteiger partial charge is 0.268 e. The molecule has 0 aliphatic carbocycles. The average molecular weight is 99.1 g/mol. The van der Waals surface area contributed by atoms with Gasteiger partial charge < -0.3 is 0 Å². The van der Waals surface area contributed by atoms with Crippen LogP contribution in [0.25, 0.3) is 0 Å². The van der Waals surface area contributed by atoms with Crippen molar-refractivity contribution < 1.29 is 4.68 Å². The van der Waals surface area contributed by atoms with Crippen LogP contribution in [0, 0.1) is 0 Å². The quantitative estimate of drug-likeness (QED) is 0.315. The van der Waals surface area contributed by atoms with Crippen LogP contribution in [0.1, 0.15) is 0 Å². The molecule has 0 aliphatic rings. The van der Waals surface area contributed by atoms with Crippen LogP contribution < -0.4 is 10.5 Å². The van der Waals surface area contributed by atoms with Gasteiger partial charge >= 0.3 is 0 Å². The second-order valence-electron chi connectivity index (χ2n) is 1.37. The van der Waals surface area contributed by atoms with Crippen molar-refractivity contribution in [1.82, 2.24) is 9.77 Å². The lowest BCUT2D eigenvalue weighted by Gasteiger charge is -1.69. The van der Waals surface area contributed by atoms with E-state index in [1.165, 1.54) is 11.0 Å². The van der Waals surface area contributed by atoms with Crippen molar-refractivity contribution in [3.63, 3.8) is 0 Å². The SMILES string of the molecule is C[n+]1cn(N)cn1. The zero-order chi connectivity index (χ0) is 5.28. The Morgan fingerprint density at radius 3 is 2.71 bits per heavy atom. The molecule has 1 aromatic heterocycles. The van der Waals surface area contributed by atoms with Gasteiger partial charge in [-0.2, -0.15) is 0 Å². The fourth-order valence-corrected chi connectivity index (χ4v) is 0.394. The van der Waals surface area contributed by atoms with Crippen LogP contribution in [0.3, 0.4) is 0 Å². The zero-order valence-electron chi connectivity index (χ0n) is 4.07. The second kappa shape index (κ2) is 1.22. The maximum Gasteiger partial charge on any atom is 0.288 e. The number of hydrogen-bond acceptors (Lipinski definition) is 2. The first-order chi connectivity index (χ1) is 3.29. The lowest BCUT2D eigenvalue weighted by Crippen LogP contribution is -2.29. The highest BCUT2D eigenvalue weighted by Gasteiger charge is 1.90. The monoisotopic (exact) mass is 99.1 g/mol. The molecular formula is C3H7N4+. The van der Waals surface area contributed by atoms with Crippen LogP contribution in [0.5, 0.6) is 0 Å². The molecule has 1 aromatic rings. The molecule has 0 fully saturated rings. The molecule has 0 saturated heterocycles. The standard InChI is InChI=1S/C3H7N4/c1-6-3-7(4)2-5-6/h2-3H,4H2,1H3/q+1. The average Bonchev–Trinajstić information content (AvgIpc) is 1.87. The first-order valence-electron chi connectivity index (χ1n) is 1.94. The zero-order valence-corrected chi connectivity index (χ0v) is 4.07. The van der Waals surface area contributed by atoms with E-state index in [1.807, 2.05) is 7.05 Å². The summed E-state index contributed by atoms with van der Waals surface area (Å²) < 4.78 is 3.01. The van der Waals surface area contributed by atoms with Gasteiger partial charge in [-0.05, 0) is 5.10 Å². The molecule has 0 spiro atoms. The summed E-state index contributed by atoms with van der Waals surface area (Å²) in [5, 5.41) is 3.77. The molecule has 7 heavy (non-hydrogen) atoms. The molecule has 0 radical (unpaired) electrons. The molecule has 1 heterocycles. The molecule has 0 unspecified atom stereocenters. The molecule has 2 N–H and O–H groups in total. The van der Waals surface area contributed by atoms with Crippen molar-refractivity contribution in [3.8, 4) is 0 Å². The van der Waals surface area contributed by atoms with Crippen molar-refractivity contribution in [2.24, 2.45) is 7.05 Å². The maximum atomic E-state index is 5.21. The van der Waals surface area contributed by atoms with E-state index in [0.29, 0.717) is 0 Å². The largest absolute Gasteiger partial charge is 0.288 e. The lowest BCUT2D eigenvalue weighted by molar-refractivity contribution is -0.728. The van der Waals surface area contributed by atoms with E-state index in [1.54, 1.807) is 11.0 Å². The number of rotatable bonds is 0. The van der Waals surface area contributed by atoms with Gasteiger partial charge in [-0.1, -0.05) is 0 Å². The third kappa shape index (κ3) is 0.677. The molecule has 38 valence electrons. The lowest BCUT2D eigenvalue weighted by atomic mass is 11.2. The van der Waals surface area contributed by atoms with Gasteiger partial charge in [0.15, 0.2) is 0 Å². The van der Waals surface area contributed by atoms with E-state index >= 15 is 0 Å². The number of nitrogen functional groups attached to an aromatic ring is 1. The Morgan fingerprint density at radius 1 is 1.86 bits per heavy atom. The summed E-state index contributed by atoms with van der Waals surface area (Å²) in [6, 6.07) is 0. The van der Waals surface area contributed by atoms with Crippen molar-refractivity contribution >= 4 is 0 Å². The van der Waals surface area contributed by atoms with Crippen molar-refractivity contribution in [2.45, 2.75) is 0 Å². The maximum absolute atomic E-state index is 5.21. The molecule has 0 bridgehead atoms. The van der Waals surface area contributed by atoms with Crippen LogP contribution in [0.2, 0.25) is 0 Å². The Labute approximate surface area is 41.1 Å². The first-order valence-corrected chi connectivity index (χ1v) is 1.94. The van der Waals surface area contributed by atoms with Crippen LogP contribution >= 0.6 is 0 Å². The highest BCUT2D eigenvalue weighted by molar-refractivity contribution is 4.47. The van der Waals surface area contributed by atoms with Crippen LogP contribution in [0.4, 0.5) is 0 Å². The molecule has 4 nitrogen and oxygen atoms in total. The van der Waals surface area contributed by atoms with Gasteiger partial charge in [0, 0.05) is 0 Å². The van der Waals surface area contributed by atoms with E-state index in [4.69, 9.17) is 5.84 Å².